The van der Waals surface area contributed by atoms with Crippen molar-refractivity contribution in [3.63, 3.8) is 0 Å². The topological polar surface area (TPSA) is 97.3 Å². The van der Waals surface area contributed by atoms with E-state index in [2.05, 4.69) is 48.7 Å². The molecule has 3 heterocycles. The van der Waals surface area contributed by atoms with Crippen molar-refractivity contribution in [3.8, 4) is 16.9 Å². The van der Waals surface area contributed by atoms with Gasteiger partial charge >= 0.3 is 0 Å². The zero-order valence-corrected chi connectivity index (χ0v) is 20.9. The van der Waals surface area contributed by atoms with Gasteiger partial charge in [-0.1, -0.05) is 30.3 Å². The van der Waals surface area contributed by atoms with Crippen molar-refractivity contribution in [1.29, 1.82) is 0 Å². The van der Waals surface area contributed by atoms with Gasteiger partial charge in [-0.2, -0.15) is 4.98 Å². The third-order valence-electron chi connectivity index (χ3n) is 6.30. The van der Waals surface area contributed by atoms with Crippen molar-refractivity contribution in [2.45, 2.75) is 13.0 Å². The fraction of sp³-hybridized carbons (Fsp3) is 0.286. The Morgan fingerprint density at radius 3 is 2.68 bits per heavy atom. The first-order valence-electron chi connectivity index (χ1n) is 12.4. The van der Waals surface area contributed by atoms with Crippen LogP contribution in [0, 0.1) is 0 Å². The highest BCUT2D eigenvalue weighted by Gasteiger charge is 2.13. The highest BCUT2D eigenvalue weighted by molar-refractivity contribution is 5.74. The van der Waals surface area contributed by atoms with Gasteiger partial charge in [0.25, 0.3) is 0 Å². The zero-order chi connectivity index (χ0) is 25.3. The molecule has 0 unspecified atom stereocenters. The summed E-state index contributed by atoms with van der Waals surface area (Å²) in [6, 6.07) is 16.3. The van der Waals surface area contributed by atoms with Crippen molar-refractivity contribution in [2.75, 3.05) is 50.6 Å². The lowest BCUT2D eigenvalue weighted by Crippen LogP contribution is -2.37. The summed E-state index contributed by atoms with van der Waals surface area (Å²) in [6.45, 7) is 5.19. The molecule has 9 heteroatoms. The molecule has 2 aromatic carbocycles. The molecule has 0 amide bonds. The molecule has 190 valence electrons. The van der Waals surface area contributed by atoms with Gasteiger partial charge in [0, 0.05) is 67.1 Å². The number of anilines is 3. The third-order valence-corrected chi connectivity index (χ3v) is 6.30. The van der Waals surface area contributed by atoms with Gasteiger partial charge in [0.15, 0.2) is 0 Å². The van der Waals surface area contributed by atoms with Gasteiger partial charge in [-0.3, -0.25) is 4.90 Å². The van der Waals surface area contributed by atoms with Crippen LogP contribution in [0.4, 0.5) is 17.5 Å². The molecule has 9 nitrogen and oxygen atoms in total. The fourth-order valence-corrected chi connectivity index (χ4v) is 4.30. The van der Waals surface area contributed by atoms with Crippen LogP contribution in [-0.4, -0.2) is 64.8 Å². The van der Waals surface area contributed by atoms with E-state index in [1.165, 1.54) is 11.9 Å². The lowest BCUT2D eigenvalue weighted by Gasteiger charge is -2.26. The standard InChI is InChI=1S/C28H31N7O2/c1-36-26-8-3-2-6-22(26)18-31-27-25(23-16-29-20-30-17-23)19-32-28(34-27)33-24-7-4-5-21(15-24)9-10-35-11-13-37-14-12-35/h2-8,15-17,19-20H,9-14,18H2,1H3,(H2,31,32,33,34). The minimum absolute atomic E-state index is 0.508. The van der Waals surface area contributed by atoms with Gasteiger partial charge in [0.1, 0.15) is 17.9 Å². The molecule has 2 N–H and O–H groups in total. The van der Waals surface area contributed by atoms with Crippen molar-refractivity contribution in [3.05, 3.63) is 84.6 Å². The van der Waals surface area contributed by atoms with Gasteiger partial charge in [-0.05, 0) is 30.2 Å². The summed E-state index contributed by atoms with van der Waals surface area (Å²) in [5, 5.41) is 6.82. The fourth-order valence-electron chi connectivity index (χ4n) is 4.30. The van der Waals surface area contributed by atoms with Crippen molar-refractivity contribution in [2.24, 2.45) is 0 Å². The van der Waals surface area contributed by atoms with Gasteiger partial charge in [-0.25, -0.2) is 15.0 Å². The number of rotatable bonds is 10. The minimum Gasteiger partial charge on any atom is -0.496 e. The monoisotopic (exact) mass is 497 g/mol. The van der Waals surface area contributed by atoms with E-state index in [0.29, 0.717) is 18.3 Å². The molecule has 1 aliphatic rings. The predicted molar refractivity (Wildman–Crippen MR) is 144 cm³/mol. The molecule has 2 aromatic heterocycles. The molecule has 4 aromatic rings. The van der Waals surface area contributed by atoms with Crippen LogP contribution in [0.1, 0.15) is 11.1 Å². The third kappa shape index (κ3) is 6.58. The Hall–Kier alpha value is -4.08. The van der Waals surface area contributed by atoms with Crippen LogP contribution in [0.15, 0.2) is 73.4 Å². The Bertz CT molecular complexity index is 1300. The number of morpholine rings is 1. The Morgan fingerprint density at radius 1 is 1.00 bits per heavy atom. The maximum atomic E-state index is 5.51. The summed E-state index contributed by atoms with van der Waals surface area (Å²) in [5.74, 6) is 2.01. The number of para-hydroxylation sites is 1. The number of aromatic nitrogens is 4. The molecule has 0 aliphatic carbocycles. The van der Waals surface area contributed by atoms with E-state index < -0.39 is 0 Å². The maximum Gasteiger partial charge on any atom is 0.229 e. The minimum atomic E-state index is 0.508. The zero-order valence-electron chi connectivity index (χ0n) is 20.9. The predicted octanol–water partition coefficient (Wildman–Crippen LogP) is 4.17. The summed E-state index contributed by atoms with van der Waals surface area (Å²) in [5.41, 5.74) is 4.90. The number of methoxy groups -OCH3 is 1. The summed E-state index contributed by atoms with van der Waals surface area (Å²) < 4.78 is 11.0. The van der Waals surface area contributed by atoms with Crippen molar-refractivity contribution < 1.29 is 9.47 Å². The Morgan fingerprint density at radius 2 is 1.84 bits per heavy atom. The first kappa shape index (κ1) is 24.6. The second-order valence-corrected chi connectivity index (χ2v) is 8.78. The first-order chi connectivity index (χ1) is 18.3. The molecule has 0 saturated carbocycles. The van der Waals surface area contributed by atoms with E-state index in [1.54, 1.807) is 25.7 Å². The van der Waals surface area contributed by atoms with E-state index in [0.717, 1.165) is 67.4 Å². The smallest absolute Gasteiger partial charge is 0.229 e. The number of hydrogen-bond donors (Lipinski definition) is 2. The molecule has 1 fully saturated rings. The summed E-state index contributed by atoms with van der Waals surface area (Å²) in [7, 11) is 1.67. The van der Waals surface area contributed by atoms with Crippen LogP contribution in [0.2, 0.25) is 0 Å². The van der Waals surface area contributed by atoms with E-state index in [4.69, 9.17) is 14.5 Å². The Balaban J connectivity index is 1.34. The molecule has 1 aliphatic heterocycles. The first-order valence-corrected chi connectivity index (χ1v) is 12.4. The van der Waals surface area contributed by atoms with E-state index in [-0.39, 0.29) is 0 Å². The van der Waals surface area contributed by atoms with Crippen LogP contribution < -0.4 is 15.4 Å². The molecule has 0 atom stereocenters. The second kappa shape index (κ2) is 12.2. The highest BCUT2D eigenvalue weighted by Crippen LogP contribution is 2.28. The molecular formula is C28H31N7O2. The van der Waals surface area contributed by atoms with Gasteiger partial charge in [0.2, 0.25) is 5.95 Å². The van der Waals surface area contributed by atoms with Crippen LogP contribution >= 0.6 is 0 Å². The van der Waals surface area contributed by atoms with Crippen LogP contribution in [0.5, 0.6) is 5.75 Å². The molecule has 1 saturated heterocycles. The number of nitrogens with one attached hydrogen (secondary N) is 2. The number of nitrogens with zero attached hydrogens (tertiary/aromatic N) is 5. The molecule has 5 rings (SSSR count). The van der Waals surface area contributed by atoms with Crippen LogP contribution in [0.3, 0.4) is 0 Å². The lowest BCUT2D eigenvalue weighted by molar-refractivity contribution is 0.0384. The summed E-state index contributed by atoms with van der Waals surface area (Å²) in [6.07, 6.45) is 7.79. The maximum absolute atomic E-state index is 5.51. The highest BCUT2D eigenvalue weighted by atomic mass is 16.5. The Labute approximate surface area is 216 Å². The number of hydrogen-bond acceptors (Lipinski definition) is 9. The van der Waals surface area contributed by atoms with Crippen molar-refractivity contribution >= 4 is 17.5 Å². The second-order valence-electron chi connectivity index (χ2n) is 8.78. The molecular weight excluding hydrogens is 466 g/mol. The van der Waals surface area contributed by atoms with Crippen molar-refractivity contribution in [1.82, 2.24) is 24.8 Å². The molecule has 0 bridgehead atoms. The normalized spacial score (nSPS) is 13.8. The molecule has 0 radical (unpaired) electrons. The summed E-state index contributed by atoms with van der Waals surface area (Å²) in [4.78, 5) is 20.2. The van der Waals surface area contributed by atoms with Gasteiger partial charge in [-0.15, -0.1) is 0 Å². The largest absolute Gasteiger partial charge is 0.496 e. The quantitative estimate of drug-likeness (QED) is 0.334. The van der Waals surface area contributed by atoms with Crippen LogP contribution in [-0.2, 0) is 17.7 Å². The number of ether oxygens (including phenoxy) is 2. The van der Waals surface area contributed by atoms with Crippen LogP contribution in [0.25, 0.3) is 11.1 Å². The summed E-state index contributed by atoms with van der Waals surface area (Å²) >= 11 is 0. The number of benzene rings is 2. The average Bonchev–Trinajstić information content (AvgIpc) is 2.96. The van der Waals surface area contributed by atoms with Gasteiger partial charge in [0.05, 0.1) is 20.3 Å². The Kier molecular flexibility index (Phi) is 8.14. The van der Waals surface area contributed by atoms with E-state index in [1.807, 2.05) is 30.3 Å². The lowest BCUT2D eigenvalue weighted by atomic mass is 10.1. The molecule has 0 spiro atoms. The van der Waals surface area contributed by atoms with E-state index in [9.17, 15) is 0 Å². The SMILES string of the molecule is COc1ccccc1CNc1nc(Nc2cccc(CCN3CCOCC3)c2)ncc1-c1cncnc1. The average molecular weight is 498 g/mol. The molecule has 37 heavy (non-hydrogen) atoms. The van der Waals surface area contributed by atoms with E-state index >= 15 is 0 Å². The van der Waals surface area contributed by atoms with Gasteiger partial charge < -0.3 is 20.1 Å².